The first-order valence-corrected chi connectivity index (χ1v) is 9.03. The van der Waals surface area contributed by atoms with Crippen LogP contribution >= 0.6 is 0 Å². The second-order valence-electron chi connectivity index (χ2n) is 7.10. The van der Waals surface area contributed by atoms with Crippen LogP contribution in [0.1, 0.15) is 32.1 Å². The third-order valence-corrected chi connectivity index (χ3v) is 5.15. The first-order chi connectivity index (χ1) is 12.1. The van der Waals surface area contributed by atoms with Crippen molar-refractivity contribution in [2.24, 2.45) is 5.92 Å². The zero-order valence-corrected chi connectivity index (χ0v) is 15.0. The topological polar surface area (TPSA) is 71.6 Å². The van der Waals surface area contributed by atoms with E-state index in [-0.39, 0.29) is 18.1 Å². The zero-order valence-electron chi connectivity index (χ0n) is 15.0. The van der Waals surface area contributed by atoms with Crippen molar-refractivity contribution < 1.29 is 4.79 Å². The number of nitrogens with zero attached hydrogens (tertiary/aromatic N) is 4. The molecule has 136 valence electrons. The Bertz CT molecular complexity index is 773. The Morgan fingerprint density at radius 2 is 2.08 bits per heavy atom. The second kappa shape index (κ2) is 7.82. The van der Waals surface area contributed by atoms with Crippen molar-refractivity contribution in [3.05, 3.63) is 34.9 Å². The summed E-state index contributed by atoms with van der Waals surface area (Å²) in [4.78, 5) is 26.7. The monoisotopic (exact) mass is 345 g/mol. The Morgan fingerprint density at radius 1 is 1.32 bits per heavy atom. The van der Waals surface area contributed by atoms with Gasteiger partial charge in [0, 0.05) is 18.8 Å². The number of nitrogens with one attached hydrogen (secondary N) is 1. The number of carbonyl (C=O) groups excluding carboxylic acids is 1. The molecule has 3 rings (SSSR count). The summed E-state index contributed by atoms with van der Waals surface area (Å²) in [6, 6.07) is 5.67. The number of amides is 1. The van der Waals surface area contributed by atoms with Crippen molar-refractivity contribution in [2.45, 2.75) is 44.7 Å². The fourth-order valence-electron chi connectivity index (χ4n) is 3.77. The lowest BCUT2D eigenvalue weighted by atomic mass is 9.83. The van der Waals surface area contributed by atoms with Crippen LogP contribution in [0.5, 0.6) is 0 Å². The van der Waals surface area contributed by atoms with Gasteiger partial charge in [0.05, 0.1) is 0 Å². The molecule has 0 spiro atoms. The lowest BCUT2D eigenvalue weighted by Crippen LogP contribution is -2.46. The van der Waals surface area contributed by atoms with E-state index in [1.54, 1.807) is 18.3 Å². The van der Waals surface area contributed by atoms with Gasteiger partial charge in [-0.1, -0.05) is 25.3 Å². The van der Waals surface area contributed by atoms with Crippen LogP contribution < -0.4 is 11.0 Å². The van der Waals surface area contributed by atoms with Crippen LogP contribution in [-0.4, -0.2) is 51.7 Å². The normalized spacial score (nSPS) is 17.1. The van der Waals surface area contributed by atoms with Crippen molar-refractivity contribution in [2.75, 3.05) is 20.6 Å². The van der Waals surface area contributed by atoms with Crippen LogP contribution in [0.2, 0.25) is 0 Å². The van der Waals surface area contributed by atoms with Gasteiger partial charge in [-0.2, -0.15) is 0 Å². The summed E-state index contributed by atoms with van der Waals surface area (Å²) in [6.45, 7) is 0.559. The van der Waals surface area contributed by atoms with Gasteiger partial charge in [0.15, 0.2) is 5.65 Å². The number of rotatable bonds is 6. The van der Waals surface area contributed by atoms with E-state index >= 15 is 0 Å². The minimum Gasteiger partial charge on any atom is -0.353 e. The molecule has 1 unspecified atom stereocenters. The number of carbonyl (C=O) groups is 1. The molecule has 1 atom stereocenters. The standard InChI is InChI=1S/C18H27N5O2/c1-21(2)15(14-8-4-3-5-9-14)12-19-17(24)13-23-18(25)22-11-7-6-10-16(22)20-23/h6-7,10-11,14-15H,3-5,8-9,12-13H2,1-2H3,(H,19,24). The summed E-state index contributed by atoms with van der Waals surface area (Å²) >= 11 is 0. The summed E-state index contributed by atoms with van der Waals surface area (Å²) in [6.07, 6.45) is 7.98. The molecule has 1 amide bonds. The van der Waals surface area contributed by atoms with Gasteiger partial charge < -0.3 is 10.2 Å². The van der Waals surface area contributed by atoms with Crippen molar-refractivity contribution in [3.8, 4) is 0 Å². The number of hydrogen-bond donors (Lipinski definition) is 1. The second-order valence-corrected chi connectivity index (χ2v) is 7.10. The largest absolute Gasteiger partial charge is 0.353 e. The predicted molar refractivity (Wildman–Crippen MR) is 96.5 cm³/mol. The van der Waals surface area contributed by atoms with Crippen LogP contribution in [0.15, 0.2) is 29.2 Å². The molecule has 1 fully saturated rings. The van der Waals surface area contributed by atoms with Crippen molar-refractivity contribution in [1.82, 2.24) is 24.4 Å². The maximum atomic E-state index is 12.3. The van der Waals surface area contributed by atoms with Gasteiger partial charge in [-0.25, -0.2) is 9.48 Å². The van der Waals surface area contributed by atoms with E-state index in [2.05, 4.69) is 29.4 Å². The van der Waals surface area contributed by atoms with Crippen LogP contribution in [0.3, 0.4) is 0 Å². The van der Waals surface area contributed by atoms with Gasteiger partial charge in [0.2, 0.25) is 5.91 Å². The number of fused-ring (bicyclic) bond motifs is 1. The molecule has 0 aliphatic heterocycles. The van der Waals surface area contributed by atoms with Crippen LogP contribution in [0.4, 0.5) is 0 Å². The smallest absolute Gasteiger partial charge is 0.350 e. The Hall–Kier alpha value is -2.15. The number of hydrogen-bond acceptors (Lipinski definition) is 4. The summed E-state index contributed by atoms with van der Waals surface area (Å²) < 4.78 is 2.66. The molecule has 2 heterocycles. The maximum Gasteiger partial charge on any atom is 0.350 e. The number of aromatic nitrogens is 3. The van der Waals surface area contributed by atoms with Crippen molar-refractivity contribution in [3.63, 3.8) is 0 Å². The number of likely N-dealkylation sites (N-methyl/N-ethyl adjacent to an activating group) is 1. The first-order valence-electron chi connectivity index (χ1n) is 9.03. The van der Waals surface area contributed by atoms with E-state index in [1.807, 2.05) is 6.07 Å². The zero-order chi connectivity index (χ0) is 17.8. The maximum absolute atomic E-state index is 12.3. The highest BCUT2D eigenvalue weighted by molar-refractivity contribution is 5.75. The Morgan fingerprint density at radius 3 is 2.76 bits per heavy atom. The molecule has 1 aliphatic rings. The van der Waals surface area contributed by atoms with E-state index < -0.39 is 0 Å². The Balaban J connectivity index is 1.61. The quantitative estimate of drug-likeness (QED) is 0.852. The van der Waals surface area contributed by atoms with Crippen LogP contribution in [0.25, 0.3) is 5.65 Å². The Labute approximate surface area is 147 Å². The molecule has 2 aromatic heterocycles. The SMILES string of the molecule is CN(C)C(CNC(=O)Cn1nc2ccccn2c1=O)C1CCCCC1. The van der Waals surface area contributed by atoms with Gasteiger partial charge >= 0.3 is 5.69 Å². The van der Waals surface area contributed by atoms with Gasteiger partial charge in [-0.3, -0.25) is 9.20 Å². The average Bonchev–Trinajstić information content (AvgIpc) is 2.92. The highest BCUT2D eigenvalue weighted by Crippen LogP contribution is 2.28. The summed E-state index contributed by atoms with van der Waals surface area (Å²) in [5.41, 5.74) is 0.260. The minimum absolute atomic E-state index is 0.0503. The summed E-state index contributed by atoms with van der Waals surface area (Å²) in [5.74, 6) is 0.454. The lowest BCUT2D eigenvalue weighted by molar-refractivity contribution is -0.122. The van der Waals surface area contributed by atoms with E-state index in [4.69, 9.17) is 0 Å². The molecule has 2 aromatic rings. The summed E-state index contributed by atoms with van der Waals surface area (Å²) in [7, 11) is 4.13. The fraction of sp³-hybridized carbons (Fsp3) is 0.611. The third-order valence-electron chi connectivity index (χ3n) is 5.15. The number of pyridine rings is 1. The van der Waals surface area contributed by atoms with Crippen molar-refractivity contribution in [1.29, 1.82) is 0 Å². The molecule has 7 heteroatoms. The van der Waals surface area contributed by atoms with E-state index in [1.165, 1.54) is 41.2 Å². The van der Waals surface area contributed by atoms with E-state index in [0.29, 0.717) is 24.2 Å². The molecule has 7 nitrogen and oxygen atoms in total. The van der Waals surface area contributed by atoms with Crippen LogP contribution in [0, 0.1) is 5.92 Å². The predicted octanol–water partition coefficient (Wildman–Crippen LogP) is 1.12. The highest BCUT2D eigenvalue weighted by Gasteiger charge is 2.25. The first kappa shape index (κ1) is 17.7. The summed E-state index contributed by atoms with van der Waals surface area (Å²) in [5, 5.41) is 7.19. The molecule has 1 saturated carbocycles. The Kier molecular flexibility index (Phi) is 5.53. The van der Waals surface area contributed by atoms with E-state index in [9.17, 15) is 9.59 Å². The highest BCUT2D eigenvalue weighted by atomic mass is 16.2. The van der Waals surface area contributed by atoms with Gasteiger partial charge in [-0.15, -0.1) is 5.10 Å². The fourth-order valence-corrected chi connectivity index (χ4v) is 3.77. The molecule has 1 aliphatic carbocycles. The molecule has 0 saturated heterocycles. The molecule has 1 N–H and O–H groups in total. The lowest BCUT2D eigenvalue weighted by Gasteiger charge is -2.34. The third kappa shape index (κ3) is 4.10. The molecular weight excluding hydrogens is 318 g/mol. The molecule has 0 bridgehead atoms. The average molecular weight is 345 g/mol. The molecular formula is C18H27N5O2. The van der Waals surface area contributed by atoms with Crippen molar-refractivity contribution >= 4 is 11.6 Å². The van der Waals surface area contributed by atoms with Gasteiger partial charge in [-0.05, 0) is 45.0 Å². The molecule has 0 aromatic carbocycles. The van der Waals surface area contributed by atoms with Crippen LogP contribution in [-0.2, 0) is 11.3 Å². The van der Waals surface area contributed by atoms with Gasteiger partial charge in [0.1, 0.15) is 6.54 Å². The van der Waals surface area contributed by atoms with Gasteiger partial charge in [0.25, 0.3) is 0 Å². The molecule has 0 radical (unpaired) electrons. The molecule has 25 heavy (non-hydrogen) atoms. The minimum atomic E-state index is -0.290. The van der Waals surface area contributed by atoms with E-state index in [0.717, 1.165) is 0 Å².